The predicted octanol–water partition coefficient (Wildman–Crippen LogP) is 0.625. The molecule has 1 saturated carbocycles. The van der Waals surface area contributed by atoms with E-state index in [1.54, 1.807) is 0 Å². The molecule has 1 heterocycles. The lowest BCUT2D eigenvalue weighted by Crippen LogP contribution is -2.45. The van der Waals surface area contributed by atoms with Gasteiger partial charge in [-0.15, -0.1) is 6.58 Å². The second-order valence-electron chi connectivity index (χ2n) is 4.17. The van der Waals surface area contributed by atoms with E-state index in [-0.39, 0.29) is 0 Å². The van der Waals surface area contributed by atoms with E-state index in [0.717, 1.165) is 38.8 Å². The van der Waals surface area contributed by atoms with Gasteiger partial charge in [-0.1, -0.05) is 6.08 Å². The Morgan fingerprint density at radius 3 is 2.93 bits per heavy atom. The molecular formula is C11H20N2O. The number of rotatable bonds is 5. The molecule has 0 radical (unpaired) electrons. The number of morpholine rings is 1. The summed E-state index contributed by atoms with van der Waals surface area (Å²) in [6.07, 6.45) is 5.08. The Morgan fingerprint density at radius 1 is 1.50 bits per heavy atom. The third-order valence-electron chi connectivity index (χ3n) is 2.87. The zero-order valence-corrected chi connectivity index (χ0v) is 8.74. The summed E-state index contributed by atoms with van der Waals surface area (Å²) in [6, 6.07) is 0.804. The molecule has 1 N–H and O–H groups in total. The van der Waals surface area contributed by atoms with E-state index in [1.165, 1.54) is 12.8 Å². The van der Waals surface area contributed by atoms with Gasteiger partial charge in [-0.25, -0.2) is 0 Å². The first-order chi connectivity index (χ1) is 6.90. The monoisotopic (exact) mass is 196 g/mol. The first-order valence-electron chi connectivity index (χ1n) is 5.57. The second-order valence-corrected chi connectivity index (χ2v) is 4.17. The summed E-state index contributed by atoms with van der Waals surface area (Å²) in [7, 11) is 0. The van der Waals surface area contributed by atoms with Crippen LogP contribution in [0, 0.1) is 0 Å². The fraction of sp³-hybridized carbons (Fsp3) is 0.818. The average molecular weight is 196 g/mol. The number of nitrogens with one attached hydrogen (secondary N) is 1. The molecule has 14 heavy (non-hydrogen) atoms. The number of hydrogen-bond donors (Lipinski definition) is 1. The highest BCUT2D eigenvalue weighted by molar-refractivity contribution is 4.90. The van der Waals surface area contributed by atoms with Crippen LogP contribution in [0.15, 0.2) is 12.7 Å². The first kappa shape index (κ1) is 10.1. The molecule has 3 nitrogen and oxygen atoms in total. The molecule has 0 aromatic heterocycles. The van der Waals surface area contributed by atoms with Crippen LogP contribution in [0.3, 0.4) is 0 Å². The smallest absolute Gasteiger partial charge is 0.0826 e. The van der Waals surface area contributed by atoms with Crippen LogP contribution < -0.4 is 5.32 Å². The van der Waals surface area contributed by atoms with Crippen molar-refractivity contribution in [1.82, 2.24) is 10.2 Å². The Hall–Kier alpha value is -0.380. The third kappa shape index (κ3) is 2.80. The standard InChI is InChI=1S/C11H20N2O/c1-2-6-13(10-3-4-10)9-11-8-12-5-7-14-11/h2,10-12H,1,3-9H2. The van der Waals surface area contributed by atoms with Crippen molar-refractivity contribution in [3.63, 3.8) is 0 Å². The van der Waals surface area contributed by atoms with Gasteiger partial charge in [-0.2, -0.15) is 0 Å². The Labute approximate surface area is 86.1 Å². The molecular weight excluding hydrogens is 176 g/mol. The Bertz CT molecular complexity index is 186. The van der Waals surface area contributed by atoms with Crippen molar-refractivity contribution in [2.75, 3.05) is 32.8 Å². The van der Waals surface area contributed by atoms with Crippen molar-refractivity contribution in [1.29, 1.82) is 0 Å². The lowest BCUT2D eigenvalue weighted by molar-refractivity contribution is 0.00607. The highest BCUT2D eigenvalue weighted by Gasteiger charge is 2.30. The predicted molar refractivity (Wildman–Crippen MR) is 57.4 cm³/mol. The van der Waals surface area contributed by atoms with Gasteiger partial charge in [-0.05, 0) is 12.8 Å². The summed E-state index contributed by atoms with van der Waals surface area (Å²) < 4.78 is 5.69. The van der Waals surface area contributed by atoms with Crippen LogP contribution in [0.1, 0.15) is 12.8 Å². The number of hydrogen-bond acceptors (Lipinski definition) is 3. The quantitative estimate of drug-likeness (QED) is 0.653. The molecule has 3 heteroatoms. The Kier molecular flexibility index (Phi) is 3.56. The van der Waals surface area contributed by atoms with E-state index in [9.17, 15) is 0 Å². The molecule has 80 valence electrons. The van der Waals surface area contributed by atoms with Crippen molar-refractivity contribution >= 4 is 0 Å². The van der Waals surface area contributed by atoms with Gasteiger partial charge in [0, 0.05) is 32.2 Å². The second kappa shape index (κ2) is 4.91. The SMILES string of the molecule is C=CCN(CC1CNCCO1)C1CC1. The van der Waals surface area contributed by atoms with Crippen molar-refractivity contribution in [3.05, 3.63) is 12.7 Å². The summed E-state index contributed by atoms with van der Waals surface area (Å²) in [4.78, 5) is 2.49. The van der Waals surface area contributed by atoms with E-state index in [1.807, 2.05) is 6.08 Å². The minimum absolute atomic E-state index is 0.379. The summed E-state index contributed by atoms with van der Waals surface area (Å²) >= 11 is 0. The van der Waals surface area contributed by atoms with Crippen LogP contribution in [0.5, 0.6) is 0 Å². The van der Waals surface area contributed by atoms with Gasteiger partial charge < -0.3 is 10.1 Å². The highest BCUT2D eigenvalue weighted by Crippen LogP contribution is 2.26. The highest BCUT2D eigenvalue weighted by atomic mass is 16.5. The summed E-state index contributed by atoms with van der Waals surface area (Å²) in [5.74, 6) is 0. The molecule has 2 fully saturated rings. The van der Waals surface area contributed by atoms with Gasteiger partial charge in [0.2, 0.25) is 0 Å². The van der Waals surface area contributed by atoms with Gasteiger partial charge in [-0.3, -0.25) is 4.90 Å². The van der Waals surface area contributed by atoms with Gasteiger partial charge in [0.25, 0.3) is 0 Å². The zero-order chi connectivity index (χ0) is 9.80. The van der Waals surface area contributed by atoms with Crippen LogP contribution in [-0.2, 0) is 4.74 Å². The minimum Gasteiger partial charge on any atom is -0.374 e. The van der Waals surface area contributed by atoms with Crippen molar-refractivity contribution in [2.45, 2.75) is 25.0 Å². The van der Waals surface area contributed by atoms with Crippen molar-refractivity contribution < 1.29 is 4.74 Å². The van der Waals surface area contributed by atoms with E-state index >= 15 is 0 Å². The Morgan fingerprint density at radius 2 is 2.36 bits per heavy atom. The molecule has 0 aromatic rings. The topological polar surface area (TPSA) is 24.5 Å². The van der Waals surface area contributed by atoms with Crippen LogP contribution >= 0.6 is 0 Å². The molecule has 1 unspecified atom stereocenters. The molecule has 1 atom stereocenters. The number of nitrogens with zero attached hydrogens (tertiary/aromatic N) is 1. The van der Waals surface area contributed by atoms with Crippen LogP contribution in [0.4, 0.5) is 0 Å². The average Bonchev–Trinajstić information content (AvgIpc) is 3.02. The molecule has 2 rings (SSSR count). The van der Waals surface area contributed by atoms with Crippen LogP contribution in [0.25, 0.3) is 0 Å². The zero-order valence-electron chi connectivity index (χ0n) is 8.74. The fourth-order valence-corrected chi connectivity index (χ4v) is 1.98. The maximum atomic E-state index is 5.69. The first-order valence-corrected chi connectivity index (χ1v) is 5.57. The van der Waals surface area contributed by atoms with Gasteiger partial charge in [0.15, 0.2) is 0 Å². The molecule has 1 aliphatic heterocycles. The maximum Gasteiger partial charge on any atom is 0.0826 e. The summed E-state index contributed by atoms with van der Waals surface area (Å²) in [5.41, 5.74) is 0. The fourth-order valence-electron chi connectivity index (χ4n) is 1.98. The van der Waals surface area contributed by atoms with Crippen LogP contribution in [0.2, 0.25) is 0 Å². The van der Waals surface area contributed by atoms with E-state index < -0.39 is 0 Å². The van der Waals surface area contributed by atoms with Crippen LogP contribution in [-0.4, -0.2) is 49.8 Å². The van der Waals surface area contributed by atoms with E-state index in [2.05, 4.69) is 16.8 Å². The summed E-state index contributed by atoms with van der Waals surface area (Å²) in [5, 5.41) is 3.36. The maximum absolute atomic E-state index is 5.69. The lowest BCUT2D eigenvalue weighted by atomic mass is 10.2. The van der Waals surface area contributed by atoms with Crippen molar-refractivity contribution in [3.8, 4) is 0 Å². The number of ether oxygens (including phenoxy) is 1. The Balaban J connectivity index is 1.76. The molecule has 0 spiro atoms. The van der Waals surface area contributed by atoms with E-state index in [4.69, 9.17) is 4.74 Å². The molecule has 1 aliphatic carbocycles. The minimum atomic E-state index is 0.379. The van der Waals surface area contributed by atoms with Gasteiger partial charge in [0.05, 0.1) is 12.7 Å². The summed E-state index contributed by atoms with van der Waals surface area (Å²) in [6.45, 7) is 8.73. The van der Waals surface area contributed by atoms with E-state index in [0.29, 0.717) is 6.10 Å². The lowest BCUT2D eigenvalue weighted by Gasteiger charge is -2.29. The molecule has 2 aliphatic rings. The molecule has 1 saturated heterocycles. The largest absolute Gasteiger partial charge is 0.374 e. The third-order valence-corrected chi connectivity index (χ3v) is 2.87. The van der Waals surface area contributed by atoms with Crippen molar-refractivity contribution in [2.24, 2.45) is 0 Å². The molecule has 0 amide bonds. The van der Waals surface area contributed by atoms with Gasteiger partial charge >= 0.3 is 0 Å². The van der Waals surface area contributed by atoms with Gasteiger partial charge in [0.1, 0.15) is 0 Å². The molecule has 0 bridgehead atoms. The normalized spacial score (nSPS) is 27.9. The molecule has 0 aromatic carbocycles.